The van der Waals surface area contributed by atoms with Gasteiger partial charge < -0.3 is 19.6 Å². The molecule has 0 aromatic rings. The molecule has 1 N–H and O–H groups in total. The van der Waals surface area contributed by atoms with Crippen LogP contribution in [-0.4, -0.2) is 42.1 Å². The molecule has 0 aromatic heterocycles. The zero-order valence-electron chi connectivity index (χ0n) is 14.1. The molecule has 1 aliphatic heterocycles. The zero-order chi connectivity index (χ0) is 16.9. The first-order chi connectivity index (χ1) is 10.1. The van der Waals surface area contributed by atoms with E-state index in [0.29, 0.717) is 12.1 Å². The second-order valence-corrected chi connectivity index (χ2v) is 6.50. The highest BCUT2D eigenvalue weighted by molar-refractivity contribution is 5.96. The number of carbonyl (C=O) groups excluding carboxylic acids is 2. The van der Waals surface area contributed by atoms with Crippen LogP contribution in [0.4, 0.5) is 4.79 Å². The van der Waals surface area contributed by atoms with Gasteiger partial charge in [-0.15, -0.1) is 0 Å². The summed E-state index contributed by atoms with van der Waals surface area (Å²) in [5, 5.41) is 6.72. The van der Waals surface area contributed by atoms with Crippen LogP contribution in [0.3, 0.4) is 0 Å². The van der Waals surface area contributed by atoms with Crippen LogP contribution in [0, 0.1) is 5.92 Å². The van der Waals surface area contributed by atoms with Crippen molar-refractivity contribution in [3.05, 3.63) is 0 Å². The summed E-state index contributed by atoms with van der Waals surface area (Å²) < 4.78 is 10.2. The quantitative estimate of drug-likeness (QED) is 0.786. The number of amides is 1. The van der Waals surface area contributed by atoms with Gasteiger partial charge in [-0.1, -0.05) is 19.0 Å². The van der Waals surface area contributed by atoms with Crippen molar-refractivity contribution in [2.24, 2.45) is 11.1 Å². The summed E-state index contributed by atoms with van der Waals surface area (Å²) in [4.78, 5) is 28.7. The van der Waals surface area contributed by atoms with Gasteiger partial charge in [-0.25, -0.2) is 9.59 Å². The van der Waals surface area contributed by atoms with Crippen LogP contribution in [0.15, 0.2) is 5.16 Å². The molecule has 0 spiro atoms. The molecule has 1 heterocycles. The first-order valence-electron chi connectivity index (χ1n) is 7.52. The normalized spacial score (nSPS) is 19.2. The predicted molar refractivity (Wildman–Crippen MR) is 81.6 cm³/mol. The first kappa shape index (κ1) is 18.3. The van der Waals surface area contributed by atoms with Crippen LogP contribution in [0.1, 0.15) is 48.0 Å². The lowest BCUT2D eigenvalue weighted by molar-refractivity contribution is -0.154. The highest BCUT2D eigenvalue weighted by Crippen LogP contribution is 2.19. The molecule has 0 radical (unpaired) electrons. The molecule has 22 heavy (non-hydrogen) atoms. The average molecular weight is 314 g/mol. The molecule has 7 heteroatoms. The Hall–Kier alpha value is -1.79. The van der Waals surface area contributed by atoms with E-state index in [-0.39, 0.29) is 18.6 Å². The van der Waals surface area contributed by atoms with Crippen molar-refractivity contribution in [1.82, 2.24) is 5.32 Å². The molecule has 0 saturated carbocycles. The van der Waals surface area contributed by atoms with Crippen molar-refractivity contribution in [2.45, 2.75) is 65.7 Å². The molecule has 126 valence electrons. The van der Waals surface area contributed by atoms with Crippen molar-refractivity contribution in [2.75, 3.05) is 6.61 Å². The third-order valence-electron chi connectivity index (χ3n) is 2.94. The molecule has 1 aliphatic rings. The fraction of sp³-hybridized carbons (Fsp3) is 0.800. The maximum Gasteiger partial charge on any atom is 0.408 e. The largest absolute Gasteiger partial charge is 0.463 e. The Morgan fingerprint density at radius 1 is 1.41 bits per heavy atom. The number of ether oxygens (including phenoxy) is 2. The Morgan fingerprint density at radius 3 is 2.55 bits per heavy atom. The van der Waals surface area contributed by atoms with E-state index in [1.165, 1.54) is 0 Å². The topological polar surface area (TPSA) is 86.2 Å². The number of alkyl carbamates (subject to hydrolysis) is 1. The standard InChI is InChI=1S/C15H26N2O5/c1-7-20-13(18)11-8-10(17-22-11)12(9(2)3)16-14(19)21-15(4,5)6/h9,11-12H,7-8H2,1-6H3,(H,16,19)/t11?,12-/m0/s1. The molecule has 1 amide bonds. The fourth-order valence-electron chi connectivity index (χ4n) is 2.01. The van der Waals surface area contributed by atoms with Gasteiger partial charge in [0.25, 0.3) is 0 Å². The Bertz CT molecular complexity index is 440. The molecule has 2 atom stereocenters. The van der Waals surface area contributed by atoms with Gasteiger partial charge in [0.15, 0.2) is 0 Å². The van der Waals surface area contributed by atoms with E-state index in [2.05, 4.69) is 10.5 Å². The average Bonchev–Trinajstić information content (AvgIpc) is 2.83. The number of hydrogen-bond donors (Lipinski definition) is 1. The molecule has 7 nitrogen and oxygen atoms in total. The molecule has 0 bridgehead atoms. The monoisotopic (exact) mass is 314 g/mol. The maximum atomic E-state index is 11.9. The van der Waals surface area contributed by atoms with E-state index < -0.39 is 23.8 Å². The van der Waals surface area contributed by atoms with Crippen LogP contribution in [-0.2, 0) is 19.1 Å². The van der Waals surface area contributed by atoms with Crippen molar-refractivity contribution in [1.29, 1.82) is 0 Å². The van der Waals surface area contributed by atoms with Crippen molar-refractivity contribution in [3.63, 3.8) is 0 Å². The van der Waals surface area contributed by atoms with E-state index in [4.69, 9.17) is 14.3 Å². The van der Waals surface area contributed by atoms with Crippen LogP contribution < -0.4 is 5.32 Å². The minimum Gasteiger partial charge on any atom is -0.463 e. The van der Waals surface area contributed by atoms with Gasteiger partial charge >= 0.3 is 12.1 Å². The van der Waals surface area contributed by atoms with Crippen molar-refractivity contribution in [3.8, 4) is 0 Å². The second-order valence-electron chi connectivity index (χ2n) is 6.50. The molecular formula is C15H26N2O5. The van der Waals surface area contributed by atoms with Gasteiger partial charge in [0.05, 0.1) is 18.4 Å². The van der Waals surface area contributed by atoms with Crippen molar-refractivity contribution >= 4 is 17.8 Å². The Morgan fingerprint density at radius 2 is 2.05 bits per heavy atom. The third-order valence-corrected chi connectivity index (χ3v) is 2.94. The third kappa shape index (κ3) is 5.54. The molecule has 0 aromatic carbocycles. The number of carbonyl (C=O) groups is 2. The Labute approximate surface area is 131 Å². The minimum atomic E-state index is -0.739. The summed E-state index contributed by atoms with van der Waals surface area (Å²) in [5.41, 5.74) is 0.0338. The summed E-state index contributed by atoms with van der Waals surface area (Å²) >= 11 is 0. The molecule has 1 unspecified atom stereocenters. The van der Waals surface area contributed by atoms with E-state index in [9.17, 15) is 9.59 Å². The SMILES string of the molecule is CCOC(=O)C1CC([C@@H](NC(=O)OC(C)(C)C)C(C)C)=NO1. The van der Waals surface area contributed by atoms with Gasteiger partial charge in [-0.2, -0.15) is 0 Å². The van der Waals surface area contributed by atoms with E-state index in [1.54, 1.807) is 27.7 Å². The second kappa shape index (κ2) is 7.47. The highest BCUT2D eigenvalue weighted by Gasteiger charge is 2.35. The molecule has 0 saturated heterocycles. The number of nitrogens with zero attached hydrogens (tertiary/aromatic N) is 1. The van der Waals surface area contributed by atoms with Crippen LogP contribution in [0.2, 0.25) is 0 Å². The fourth-order valence-corrected chi connectivity index (χ4v) is 2.01. The number of esters is 1. The molecule has 0 fully saturated rings. The summed E-state index contributed by atoms with van der Waals surface area (Å²) in [6.45, 7) is 11.3. The summed E-state index contributed by atoms with van der Waals surface area (Å²) in [6, 6.07) is -0.353. The van der Waals surface area contributed by atoms with Crippen molar-refractivity contribution < 1.29 is 23.9 Å². The summed E-state index contributed by atoms with van der Waals surface area (Å²) in [7, 11) is 0. The van der Waals surface area contributed by atoms with Crippen LogP contribution in [0.5, 0.6) is 0 Å². The van der Waals surface area contributed by atoms with Crippen LogP contribution in [0.25, 0.3) is 0 Å². The van der Waals surface area contributed by atoms with Gasteiger partial charge in [-0.05, 0) is 33.6 Å². The van der Waals surface area contributed by atoms with Gasteiger partial charge in [0, 0.05) is 6.42 Å². The Balaban J connectivity index is 2.66. The first-order valence-corrected chi connectivity index (χ1v) is 7.52. The van der Waals surface area contributed by atoms with E-state index in [0.717, 1.165) is 0 Å². The molecular weight excluding hydrogens is 288 g/mol. The van der Waals surface area contributed by atoms with Crippen LogP contribution >= 0.6 is 0 Å². The Kier molecular flexibility index (Phi) is 6.20. The predicted octanol–water partition coefficient (Wildman–Crippen LogP) is 2.24. The number of oxime groups is 1. The number of rotatable bonds is 5. The van der Waals surface area contributed by atoms with Gasteiger partial charge in [-0.3, -0.25) is 0 Å². The lowest BCUT2D eigenvalue weighted by Crippen LogP contribution is -2.46. The zero-order valence-corrected chi connectivity index (χ0v) is 14.1. The lowest BCUT2D eigenvalue weighted by Gasteiger charge is -2.25. The number of hydrogen-bond acceptors (Lipinski definition) is 6. The summed E-state index contributed by atoms with van der Waals surface area (Å²) in [5.74, 6) is -0.364. The minimum absolute atomic E-state index is 0.0795. The number of nitrogens with one attached hydrogen (secondary N) is 1. The molecule has 1 rings (SSSR count). The highest BCUT2D eigenvalue weighted by atomic mass is 16.7. The van der Waals surface area contributed by atoms with Gasteiger partial charge in [0.1, 0.15) is 5.60 Å². The molecule has 0 aliphatic carbocycles. The van der Waals surface area contributed by atoms with E-state index >= 15 is 0 Å². The van der Waals surface area contributed by atoms with Gasteiger partial charge in [0.2, 0.25) is 6.10 Å². The lowest BCUT2D eigenvalue weighted by atomic mass is 9.96. The smallest absolute Gasteiger partial charge is 0.408 e. The van der Waals surface area contributed by atoms with E-state index in [1.807, 2.05) is 13.8 Å². The summed E-state index contributed by atoms with van der Waals surface area (Å²) in [6.07, 6.45) is -0.956. The maximum absolute atomic E-state index is 11.9.